The molecule has 6 rings (SSSR count). The lowest BCUT2D eigenvalue weighted by atomic mass is 9.49. The number of anilines is 2. The van der Waals surface area contributed by atoms with Crippen molar-refractivity contribution in [1.82, 2.24) is 10.2 Å². The smallest absolute Gasteiger partial charge is 0.331 e. The van der Waals surface area contributed by atoms with Gasteiger partial charge in [0.2, 0.25) is 5.91 Å². The zero-order valence-electron chi connectivity index (χ0n) is 35.0. The zero-order chi connectivity index (χ0) is 43.6. The van der Waals surface area contributed by atoms with Gasteiger partial charge in [0.1, 0.15) is 29.5 Å². The number of nitriles is 1. The minimum absolute atomic E-state index is 0.130. The van der Waals surface area contributed by atoms with Gasteiger partial charge in [-0.05, 0) is 79.8 Å². The van der Waals surface area contributed by atoms with Crippen LogP contribution in [0.3, 0.4) is 0 Å². The van der Waals surface area contributed by atoms with Gasteiger partial charge < -0.3 is 41.2 Å². The van der Waals surface area contributed by atoms with Crippen LogP contribution in [-0.2, 0) is 9.59 Å². The molecule has 0 radical (unpaired) electrons. The Labute approximate surface area is 350 Å². The van der Waals surface area contributed by atoms with E-state index in [4.69, 9.17) is 20.9 Å². The number of piperazine rings is 1. The number of hydrogen-bond acceptors (Lipinski definition) is 11. The first-order valence-corrected chi connectivity index (χ1v) is 20.4. The highest BCUT2D eigenvalue weighted by atomic mass is 19.1. The maximum atomic E-state index is 15.2. The van der Waals surface area contributed by atoms with E-state index in [0.717, 1.165) is 51.3 Å². The number of carbonyl (C=O) groups excluding carboxylic acids is 3. The largest absolute Gasteiger partial charge is 0.495 e. The molecular formula is C45H56FN7O7. The van der Waals surface area contributed by atoms with Gasteiger partial charge in [-0.25, -0.2) is 9.18 Å². The van der Waals surface area contributed by atoms with Gasteiger partial charge in [0.05, 0.1) is 18.2 Å². The van der Waals surface area contributed by atoms with E-state index >= 15 is 4.39 Å². The number of rotatable bonds is 15. The predicted octanol–water partition coefficient (Wildman–Crippen LogP) is 4.59. The Morgan fingerprint density at radius 3 is 2.10 bits per heavy atom. The van der Waals surface area contributed by atoms with Crippen molar-refractivity contribution in [3.8, 4) is 17.6 Å². The van der Waals surface area contributed by atoms with E-state index in [1.165, 1.54) is 19.2 Å². The Morgan fingerprint density at radius 1 is 0.917 bits per heavy atom. The van der Waals surface area contributed by atoms with Gasteiger partial charge in [-0.15, -0.1) is 0 Å². The number of hydrogen-bond donors (Lipinski definition) is 4. The third-order valence-corrected chi connectivity index (χ3v) is 12.8. The van der Waals surface area contributed by atoms with Crippen molar-refractivity contribution in [2.45, 2.75) is 71.1 Å². The zero-order valence-corrected chi connectivity index (χ0v) is 35.0. The van der Waals surface area contributed by atoms with Gasteiger partial charge >= 0.3 is 5.97 Å². The van der Waals surface area contributed by atoms with Crippen LogP contribution in [0.15, 0.2) is 60.7 Å². The number of ketones is 1. The molecular weight excluding hydrogens is 770 g/mol. The average molecular weight is 826 g/mol. The molecule has 3 fully saturated rings. The fourth-order valence-corrected chi connectivity index (χ4v) is 9.50. The number of carbonyl (C=O) groups is 4. The predicted molar refractivity (Wildman–Crippen MR) is 225 cm³/mol. The summed E-state index contributed by atoms with van der Waals surface area (Å²) in [6.45, 7) is 14.1. The Morgan fingerprint density at radius 2 is 1.53 bits per heavy atom. The second-order valence-electron chi connectivity index (χ2n) is 17.5. The quantitative estimate of drug-likeness (QED) is 0.123. The SMILES string of the molecule is COc1cc(OC2C(C)(C)C(NC(=O)c3ccc(N4CCC(CN5CCN(c6ccc(C(=O)[C@](N)(CCC(N)=O)C(=O)O)c(F)c6)CC5)CC4)cc3)C2(C)C)ccc1C#N. The molecule has 14 nitrogen and oxygen atoms in total. The summed E-state index contributed by atoms with van der Waals surface area (Å²) in [5.41, 5.74) is 10.0. The van der Waals surface area contributed by atoms with Gasteiger partial charge in [-0.2, -0.15) is 5.26 Å². The van der Waals surface area contributed by atoms with E-state index in [1.54, 1.807) is 24.3 Å². The van der Waals surface area contributed by atoms with Crippen LogP contribution >= 0.6 is 0 Å². The van der Waals surface area contributed by atoms with Crippen LogP contribution in [0, 0.1) is 33.9 Å². The fraction of sp³-hybridized carbons (Fsp3) is 0.489. The van der Waals surface area contributed by atoms with Crippen LogP contribution < -0.4 is 36.1 Å². The van der Waals surface area contributed by atoms with Crippen LogP contribution in [0.5, 0.6) is 11.5 Å². The highest BCUT2D eigenvalue weighted by molar-refractivity contribution is 6.16. The molecule has 0 spiro atoms. The molecule has 1 atom stereocenters. The van der Waals surface area contributed by atoms with Crippen molar-refractivity contribution in [2.24, 2.45) is 28.2 Å². The van der Waals surface area contributed by atoms with Gasteiger partial charge in [0.15, 0.2) is 11.3 Å². The topological polar surface area (TPSA) is 205 Å². The van der Waals surface area contributed by atoms with E-state index in [1.807, 2.05) is 29.2 Å². The molecule has 2 heterocycles. The Bertz CT molecular complexity index is 2120. The van der Waals surface area contributed by atoms with E-state index in [0.29, 0.717) is 47.3 Å². The summed E-state index contributed by atoms with van der Waals surface area (Å²) in [4.78, 5) is 56.4. The van der Waals surface area contributed by atoms with Crippen LogP contribution in [0.4, 0.5) is 15.8 Å². The maximum Gasteiger partial charge on any atom is 0.331 e. The second-order valence-corrected chi connectivity index (χ2v) is 17.5. The summed E-state index contributed by atoms with van der Waals surface area (Å²) in [5.74, 6) is -2.98. The molecule has 2 amide bonds. The number of nitrogens with one attached hydrogen (secondary N) is 1. The molecule has 1 aliphatic carbocycles. The van der Waals surface area contributed by atoms with Crippen LogP contribution in [-0.4, -0.2) is 104 Å². The number of benzene rings is 3. The first-order chi connectivity index (χ1) is 28.4. The molecule has 6 N–H and O–H groups in total. The molecule has 2 aliphatic heterocycles. The van der Waals surface area contributed by atoms with Crippen molar-refractivity contribution >= 4 is 34.9 Å². The molecule has 3 aromatic rings. The average Bonchev–Trinajstić information content (AvgIpc) is 3.23. The third kappa shape index (κ3) is 8.90. The molecule has 60 heavy (non-hydrogen) atoms. The number of carboxylic acids is 1. The molecule has 0 unspecified atom stereocenters. The summed E-state index contributed by atoms with van der Waals surface area (Å²) >= 11 is 0. The number of aliphatic carboxylic acids is 1. The van der Waals surface area contributed by atoms with Crippen LogP contribution in [0.2, 0.25) is 0 Å². The van der Waals surface area contributed by atoms with Crippen LogP contribution in [0.1, 0.15) is 79.7 Å². The van der Waals surface area contributed by atoms with Crippen molar-refractivity contribution in [3.05, 3.63) is 83.2 Å². The lowest BCUT2D eigenvalue weighted by molar-refractivity contribution is -0.164. The standard InChI is InChI=1S/C45H56FN7O7/c1-43(2)40(44(3,4)41(43)60-33-12-8-30(26-47)36(25-33)59-5)50-39(56)29-6-9-31(10-7-29)52-18-15-28(16-19-52)27-51-20-22-53(23-21-51)32-11-13-34(35(46)24-32)38(55)45(49,42(57)58)17-14-37(48)54/h6-13,24-25,28,40-41H,14-23,27,49H2,1-5H3,(H2,48,54)(H,50,56)(H,57,58)/t40?,41?,45-/m1/s1. The van der Waals surface area contributed by atoms with E-state index in [-0.39, 0.29) is 28.9 Å². The molecule has 0 aromatic heterocycles. The van der Waals surface area contributed by atoms with Crippen LogP contribution in [0.25, 0.3) is 0 Å². The minimum atomic E-state index is -2.47. The number of Topliss-reactive ketones (excluding diaryl/α,β-unsaturated/α-hetero) is 1. The first kappa shape index (κ1) is 43.8. The normalized spacial score (nSPS) is 21.2. The van der Waals surface area contributed by atoms with E-state index < -0.39 is 47.4 Å². The first-order valence-electron chi connectivity index (χ1n) is 20.4. The van der Waals surface area contributed by atoms with Gasteiger partial charge in [-0.3, -0.25) is 19.3 Å². The Kier molecular flexibility index (Phi) is 12.8. The molecule has 15 heteroatoms. The van der Waals surface area contributed by atoms with E-state index in [9.17, 15) is 29.5 Å². The van der Waals surface area contributed by atoms with Gasteiger partial charge in [-0.1, -0.05) is 27.7 Å². The molecule has 3 aliphatic rings. The molecule has 1 saturated carbocycles. The third-order valence-electron chi connectivity index (χ3n) is 12.8. The highest BCUT2D eigenvalue weighted by Crippen LogP contribution is 2.55. The van der Waals surface area contributed by atoms with E-state index in [2.05, 4.69) is 48.9 Å². The number of carboxylic acid groups (broad SMARTS) is 1. The maximum absolute atomic E-state index is 15.2. The van der Waals surface area contributed by atoms with Gasteiger partial charge in [0, 0.05) is 92.1 Å². The highest BCUT2D eigenvalue weighted by Gasteiger charge is 2.64. The summed E-state index contributed by atoms with van der Waals surface area (Å²) in [6.07, 6.45) is 0.914. The fourth-order valence-electron chi connectivity index (χ4n) is 9.50. The number of primary amides is 1. The summed E-state index contributed by atoms with van der Waals surface area (Å²) < 4.78 is 27.0. The number of methoxy groups -OCH3 is 1. The lowest BCUT2D eigenvalue weighted by Gasteiger charge is -2.63. The number of halogens is 1. The number of ether oxygens (including phenoxy) is 2. The Hall–Kier alpha value is -5.72. The molecule has 3 aromatic carbocycles. The number of piperidine rings is 1. The van der Waals surface area contributed by atoms with Crippen molar-refractivity contribution in [3.63, 3.8) is 0 Å². The van der Waals surface area contributed by atoms with Crippen molar-refractivity contribution in [1.29, 1.82) is 5.26 Å². The number of nitrogens with two attached hydrogens (primary N) is 2. The monoisotopic (exact) mass is 825 g/mol. The second kappa shape index (κ2) is 17.5. The summed E-state index contributed by atoms with van der Waals surface area (Å²) in [6, 6.07) is 19.1. The molecule has 2 saturated heterocycles. The number of amides is 2. The number of nitrogens with zero attached hydrogens (tertiary/aromatic N) is 4. The van der Waals surface area contributed by atoms with Crippen molar-refractivity contribution < 1.29 is 38.1 Å². The molecule has 0 bridgehead atoms. The Balaban J connectivity index is 0.954. The summed E-state index contributed by atoms with van der Waals surface area (Å²) in [5, 5.41) is 22.2. The lowest BCUT2D eigenvalue weighted by Crippen LogP contribution is -2.74. The minimum Gasteiger partial charge on any atom is -0.495 e. The molecule has 320 valence electrons. The van der Waals surface area contributed by atoms with Gasteiger partial charge in [0.25, 0.3) is 5.91 Å². The summed E-state index contributed by atoms with van der Waals surface area (Å²) in [7, 11) is 1.52. The van der Waals surface area contributed by atoms with Crippen molar-refractivity contribution in [2.75, 3.05) is 62.7 Å².